The molecule has 0 aliphatic rings. The fraction of sp³-hybridized carbons (Fsp3) is 0.294. The van der Waals surface area contributed by atoms with Gasteiger partial charge in [0, 0.05) is 12.4 Å². The molecule has 0 saturated carbocycles. The third-order valence-corrected chi connectivity index (χ3v) is 3.45. The fourth-order valence-electron chi connectivity index (χ4n) is 1.89. The van der Waals surface area contributed by atoms with E-state index in [0.29, 0.717) is 0 Å². The van der Waals surface area contributed by atoms with E-state index in [1.807, 2.05) is 24.3 Å². The summed E-state index contributed by atoms with van der Waals surface area (Å²) in [5.74, 6) is -0.691. The lowest BCUT2D eigenvalue weighted by molar-refractivity contribution is -0.141. The molecule has 2 aromatic rings. The Kier molecular flexibility index (Phi) is 5.41. The Bertz CT molecular complexity index is 599. The predicted molar refractivity (Wildman–Crippen MR) is 85.9 cm³/mol. The van der Waals surface area contributed by atoms with E-state index in [0.717, 1.165) is 11.4 Å². The summed E-state index contributed by atoms with van der Waals surface area (Å²) in [5, 5.41) is 5.48. The van der Waals surface area contributed by atoms with Gasteiger partial charge in [-0.25, -0.2) is 0 Å². The van der Waals surface area contributed by atoms with Crippen molar-refractivity contribution in [1.82, 2.24) is 20.6 Å². The van der Waals surface area contributed by atoms with Crippen LogP contribution >= 0.6 is 0 Å². The van der Waals surface area contributed by atoms with Crippen LogP contribution in [0, 0.1) is 5.41 Å². The van der Waals surface area contributed by atoms with E-state index in [2.05, 4.69) is 20.6 Å². The molecule has 0 saturated heterocycles. The summed E-state index contributed by atoms with van der Waals surface area (Å²) in [7, 11) is 0. The molecule has 0 fully saturated rings. The zero-order valence-corrected chi connectivity index (χ0v) is 13.2. The monoisotopic (exact) mass is 312 g/mol. The number of rotatable bonds is 6. The van der Waals surface area contributed by atoms with Gasteiger partial charge in [0.05, 0.1) is 24.5 Å². The van der Waals surface area contributed by atoms with E-state index in [1.165, 1.54) is 0 Å². The summed E-state index contributed by atoms with van der Waals surface area (Å²) in [6, 6.07) is 10.9. The van der Waals surface area contributed by atoms with Crippen LogP contribution in [-0.2, 0) is 22.7 Å². The molecule has 2 amide bonds. The highest BCUT2D eigenvalue weighted by Gasteiger charge is 2.35. The van der Waals surface area contributed by atoms with Gasteiger partial charge in [0.25, 0.3) is 0 Å². The van der Waals surface area contributed by atoms with Crippen molar-refractivity contribution >= 4 is 11.8 Å². The van der Waals surface area contributed by atoms with Crippen molar-refractivity contribution < 1.29 is 9.59 Å². The molecular formula is C17H20N4O2. The lowest BCUT2D eigenvalue weighted by atomic mass is 9.91. The third kappa shape index (κ3) is 4.60. The first-order valence-electron chi connectivity index (χ1n) is 7.36. The Morgan fingerprint density at radius 2 is 1.30 bits per heavy atom. The van der Waals surface area contributed by atoms with Gasteiger partial charge < -0.3 is 10.6 Å². The Balaban J connectivity index is 1.88. The van der Waals surface area contributed by atoms with Crippen LogP contribution in [0.1, 0.15) is 25.2 Å². The van der Waals surface area contributed by atoms with E-state index in [1.54, 1.807) is 38.4 Å². The lowest BCUT2D eigenvalue weighted by Gasteiger charge is -2.22. The summed E-state index contributed by atoms with van der Waals surface area (Å²) >= 11 is 0. The van der Waals surface area contributed by atoms with E-state index < -0.39 is 5.41 Å². The summed E-state index contributed by atoms with van der Waals surface area (Å²) in [4.78, 5) is 32.8. The van der Waals surface area contributed by atoms with Crippen molar-refractivity contribution in [2.45, 2.75) is 26.9 Å². The minimum atomic E-state index is -1.18. The number of nitrogens with zero attached hydrogens (tertiary/aromatic N) is 2. The molecule has 2 N–H and O–H groups in total. The normalized spacial score (nSPS) is 10.9. The first kappa shape index (κ1) is 16.6. The molecule has 6 nitrogen and oxygen atoms in total. The molecule has 0 aliphatic heterocycles. The standard InChI is InChI=1S/C17H20N4O2/c1-17(2,15(22)20-11-13-7-3-5-9-18-13)16(23)21-12-14-8-4-6-10-19-14/h3-10H,11-12H2,1-2H3,(H,20,22)(H,21,23). The van der Waals surface area contributed by atoms with Crippen molar-refractivity contribution in [3.63, 3.8) is 0 Å². The second kappa shape index (κ2) is 7.49. The molecule has 0 radical (unpaired) electrons. The van der Waals surface area contributed by atoms with Gasteiger partial charge in [-0.3, -0.25) is 19.6 Å². The molecule has 23 heavy (non-hydrogen) atoms. The average molecular weight is 312 g/mol. The highest BCUT2D eigenvalue weighted by Crippen LogP contribution is 2.16. The second-order valence-corrected chi connectivity index (χ2v) is 5.63. The Morgan fingerprint density at radius 1 is 0.870 bits per heavy atom. The average Bonchev–Trinajstić information content (AvgIpc) is 2.59. The van der Waals surface area contributed by atoms with Crippen LogP contribution in [0.3, 0.4) is 0 Å². The van der Waals surface area contributed by atoms with Crippen LogP contribution in [0.5, 0.6) is 0 Å². The van der Waals surface area contributed by atoms with E-state index >= 15 is 0 Å². The zero-order valence-electron chi connectivity index (χ0n) is 13.2. The highest BCUT2D eigenvalue weighted by atomic mass is 16.2. The molecule has 0 spiro atoms. The molecule has 2 heterocycles. The Hall–Kier alpha value is -2.76. The van der Waals surface area contributed by atoms with Crippen LogP contribution in [0.2, 0.25) is 0 Å². The number of carbonyl (C=O) groups excluding carboxylic acids is 2. The van der Waals surface area contributed by atoms with Crippen LogP contribution in [0.4, 0.5) is 0 Å². The minimum Gasteiger partial charge on any atom is -0.350 e. The first-order valence-corrected chi connectivity index (χ1v) is 7.36. The smallest absolute Gasteiger partial charge is 0.235 e. The molecular weight excluding hydrogens is 292 g/mol. The van der Waals surface area contributed by atoms with Crippen molar-refractivity contribution in [1.29, 1.82) is 0 Å². The SMILES string of the molecule is CC(C)(C(=O)NCc1ccccn1)C(=O)NCc1ccccn1. The van der Waals surface area contributed by atoms with Crippen LogP contribution in [0.15, 0.2) is 48.8 Å². The van der Waals surface area contributed by atoms with Gasteiger partial charge in [-0.1, -0.05) is 12.1 Å². The van der Waals surface area contributed by atoms with Crippen molar-refractivity contribution in [3.05, 3.63) is 60.2 Å². The van der Waals surface area contributed by atoms with Crippen molar-refractivity contribution in [2.75, 3.05) is 0 Å². The Labute approximate surface area is 135 Å². The Morgan fingerprint density at radius 3 is 1.65 bits per heavy atom. The number of hydrogen-bond donors (Lipinski definition) is 2. The van der Waals surface area contributed by atoms with Crippen LogP contribution < -0.4 is 10.6 Å². The maximum Gasteiger partial charge on any atom is 0.235 e. The molecule has 6 heteroatoms. The molecule has 0 aromatic carbocycles. The number of carbonyl (C=O) groups is 2. The largest absolute Gasteiger partial charge is 0.350 e. The molecule has 0 atom stereocenters. The third-order valence-electron chi connectivity index (χ3n) is 3.45. The first-order chi connectivity index (χ1) is 11.0. The summed E-state index contributed by atoms with van der Waals surface area (Å²) in [6.45, 7) is 3.76. The number of pyridine rings is 2. The number of aromatic nitrogens is 2. The highest BCUT2D eigenvalue weighted by molar-refractivity contribution is 6.04. The maximum absolute atomic E-state index is 12.3. The summed E-state index contributed by atoms with van der Waals surface area (Å²) in [6.07, 6.45) is 3.32. The molecule has 0 bridgehead atoms. The van der Waals surface area contributed by atoms with E-state index in [9.17, 15) is 9.59 Å². The second-order valence-electron chi connectivity index (χ2n) is 5.63. The van der Waals surface area contributed by atoms with E-state index in [4.69, 9.17) is 0 Å². The molecule has 2 rings (SSSR count). The molecule has 2 aromatic heterocycles. The van der Waals surface area contributed by atoms with Gasteiger partial charge in [0.15, 0.2) is 0 Å². The van der Waals surface area contributed by atoms with E-state index in [-0.39, 0.29) is 24.9 Å². The molecule has 120 valence electrons. The van der Waals surface area contributed by atoms with Crippen LogP contribution in [-0.4, -0.2) is 21.8 Å². The quantitative estimate of drug-likeness (QED) is 0.791. The minimum absolute atomic E-state index is 0.288. The van der Waals surface area contributed by atoms with Crippen LogP contribution in [0.25, 0.3) is 0 Å². The number of hydrogen-bond acceptors (Lipinski definition) is 4. The number of amides is 2. The topological polar surface area (TPSA) is 84.0 Å². The van der Waals surface area contributed by atoms with Gasteiger partial charge in [0.2, 0.25) is 11.8 Å². The fourth-order valence-corrected chi connectivity index (χ4v) is 1.89. The van der Waals surface area contributed by atoms with Gasteiger partial charge in [-0.15, -0.1) is 0 Å². The van der Waals surface area contributed by atoms with Gasteiger partial charge in [0.1, 0.15) is 5.41 Å². The molecule has 0 aliphatic carbocycles. The van der Waals surface area contributed by atoms with Gasteiger partial charge in [-0.2, -0.15) is 0 Å². The van der Waals surface area contributed by atoms with Crippen molar-refractivity contribution in [3.8, 4) is 0 Å². The zero-order chi connectivity index (χ0) is 16.7. The molecule has 0 unspecified atom stereocenters. The summed E-state index contributed by atoms with van der Waals surface area (Å²) < 4.78 is 0. The van der Waals surface area contributed by atoms with Gasteiger partial charge in [-0.05, 0) is 38.1 Å². The van der Waals surface area contributed by atoms with Crippen molar-refractivity contribution in [2.24, 2.45) is 5.41 Å². The van der Waals surface area contributed by atoms with Gasteiger partial charge >= 0.3 is 0 Å². The predicted octanol–water partition coefficient (Wildman–Crippen LogP) is 1.44. The maximum atomic E-state index is 12.3. The lowest BCUT2D eigenvalue weighted by Crippen LogP contribution is -2.47. The summed E-state index contributed by atoms with van der Waals surface area (Å²) in [5.41, 5.74) is 0.305. The number of nitrogens with one attached hydrogen (secondary N) is 2.